The van der Waals surface area contributed by atoms with Gasteiger partial charge in [0, 0.05) is 34.4 Å². The summed E-state index contributed by atoms with van der Waals surface area (Å²) >= 11 is 0. The number of likely N-dealkylation sites (tertiary alicyclic amines) is 1. The number of carbonyl (C=O) groups excluding carboxylic acids is 1. The molecule has 4 rings (SSSR count). The van der Waals surface area contributed by atoms with Crippen molar-refractivity contribution in [3.05, 3.63) is 71.3 Å². The first kappa shape index (κ1) is 15.0. The Morgan fingerprint density at radius 1 is 1.12 bits per heavy atom. The molecule has 0 bridgehead atoms. The van der Waals surface area contributed by atoms with Crippen molar-refractivity contribution in [2.75, 3.05) is 18.4 Å². The predicted molar refractivity (Wildman–Crippen MR) is 91.2 cm³/mol. The first-order chi connectivity index (χ1) is 11.7. The Hall–Kier alpha value is -2.59. The number of aliphatic carboxylic acids is 1. The molecule has 122 valence electrons. The van der Waals surface area contributed by atoms with E-state index in [0.717, 1.165) is 42.9 Å². The molecule has 2 aromatic carbocycles. The van der Waals surface area contributed by atoms with Crippen LogP contribution in [-0.4, -0.2) is 25.1 Å². The van der Waals surface area contributed by atoms with Crippen molar-refractivity contribution in [2.24, 2.45) is 0 Å². The summed E-state index contributed by atoms with van der Waals surface area (Å²) < 4.78 is 0. The van der Waals surface area contributed by atoms with Gasteiger partial charge in [-0.2, -0.15) is 0 Å². The number of carbonyl (C=O) groups is 1. The molecule has 1 fully saturated rings. The highest BCUT2D eigenvalue weighted by molar-refractivity contribution is 6.18. The number of quaternary nitrogens is 1. The molecule has 2 N–H and O–H groups in total. The Balaban J connectivity index is 1.67. The maximum absolute atomic E-state index is 11.8. The summed E-state index contributed by atoms with van der Waals surface area (Å²) in [5.41, 5.74) is 4.30. The number of nitrogens with one attached hydrogen (secondary N) is 2. The van der Waals surface area contributed by atoms with Crippen LogP contribution < -0.4 is 15.3 Å². The van der Waals surface area contributed by atoms with Crippen molar-refractivity contribution >= 4 is 17.2 Å². The first-order valence-corrected chi connectivity index (χ1v) is 8.40. The lowest BCUT2D eigenvalue weighted by atomic mass is 9.85. The van der Waals surface area contributed by atoms with E-state index < -0.39 is 5.97 Å². The number of carboxylic acids is 1. The van der Waals surface area contributed by atoms with Gasteiger partial charge in [0.1, 0.15) is 13.1 Å². The van der Waals surface area contributed by atoms with E-state index in [1.807, 2.05) is 42.5 Å². The van der Waals surface area contributed by atoms with Gasteiger partial charge in [0.2, 0.25) is 0 Å². The number of hydrogen-bond donors (Lipinski definition) is 2. The molecule has 1 saturated heterocycles. The number of carboxylic acid groups (broad SMARTS) is 1. The lowest BCUT2D eigenvalue weighted by molar-refractivity contribution is -0.912. The molecule has 4 heteroatoms. The Morgan fingerprint density at radius 3 is 2.67 bits per heavy atom. The number of fused-ring (bicyclic) bond motifs is 2. The molecule has 2 aliphatic rings. The van der Waals surface area contributed by atoms with Gasteiger partial charge in [-0.15, -0.1) is 0 Å². The van der Waals surface area contributed by atoms with Gasteiger partial charge in [-0.25, -0.2) is 0 Å². The zero-order valence-corrected chi connectivity index (χ0v) is 13.4. The average Bonchev–Trinajstić information content (AvgIpc) is 2.60. The molecule has 2 aromatic rings. The van der Waals surface area contributed by atoms with Crippen LogP contribution in [-0.2, 0) is 11.3 Å². The summed E-state index contributed by atoms with van der Waals surface area (Å²) in [4.78, 5) is 13.2. The predicted octanol–water partition coefficient (Wildman–Crippen LogP) is 0.473. The molecule has 4 nitrogen and oxygen atoms in total. The normalized spacial score (nSPS) is 22.3. The fourth-order valence-corrected chi connectivity index (χ4v) is 3.89. The highest BCUT2D eigenvalue weighted by atomic mass is 16.4. The molecular weight excluding hydrogens is 300 g/mol. The van der Waals surface area contributed by atoms with Crippen LogP contribution >= 0.6 is 0 Å². The topological polar surface area (TPSA) is 56.6 Å². The van der Waals surface area contributed by atoms with Crippen LogP contribution in [0.5, 0.6) is 0 Å². The molecule has 0 aliphatic carbocycles. The van der Waals surface area contributed by atoms with Crippen molar-refractivity contribution in [1.29, 1.82) is 0 Å². The van der Waals surface area contributed by atoms with Crippen LogP contribution in [0.1, 0.15) is 17.5 Å². The highest BCUT2D eigenvalue weighted by Crippen LogP contribution is 2.34. The smallest absolute Gasteiger partial charge is 0.103 e. The van der Waals surface area contributed by atoms with E-state index in [9.17, 15) is 9.90 Å². The van der Waals surface area contributed by atoms with E-state index in [4.69, 9.17) is 0 Å². The van der Waals surface area contributed by atoms with Gasteiger partial charge in [-0.05, 0) is 6.07 Å². The number of para-hydroxylation sites is 1. The minimum atomic E-state index is -1.06. The average molecular weight is 320 g/mol. The quantitative estimate of drug-likeness (QED) is 0.865. The van der Waals surface area contributed by atoms with Crippen molar-refractivity contribution < 1.29 is 14.8 Å². The third kappa shape index (κ3) is 2.69. The van der Waals surface area contributed by atoms with E-state index in [1.54, 1.807) is 0 Å². The summed E-state index contributed by atoms with van der Waals surface area (Å²) in [7, 11) is 0. The van der Waals surface area contributed by atoms with E-state index in [1.165, 1.54) is 10.5 Å². The summed E-state index contributed by atoms with van der Waals surface area (Å²) in [6, 6.07) is 18.1. The Kier molecular flexibility index (Phi) is 3.82. The molecule has 24 heavy (non-hydrogen) atoms. The van der Waals surface area contributed by atoms with Gasteiger partial charge in [-0.1, -0.05) is 48.5 Å². The van der Waals surface area contributed by atoms with Gasteiger partial charge < -0.3 is 20.1 Å². The molecule has 0 amide bonds. The molecule has 0 spiro atoms. The molecule has 0 saturated carbocycles. The van der Waals surface area contributed by atoms with E-state index in [0.29, 0.717) is 5.57 Å². The second-order valence-corrected chi connectivity index (χ2v) is 6.56. The SMILES string of the molecule is O=C([O-])C1=C2C[NH+](Cc3ccccc3)CC[C@@H]2Nc2ccccc21. The fourth-order valence-electron chi connectivity index (χ4n) is 3.89. The number of benzene rings is 2. The summed E-state index contributed by atoms with van der Waals surface area (Å²) in [6.45, 7) is 2.68. The molecule has 0 aromatic heterocycles. The minimum absolute atomic E-state index is 0.104. The molecule has 2 heterocycles. The van der Waals surface area contributed by atoms with Gasteiger partial charge in [0.15, 0.2) is 0 Å². The molecule has 2 aliphatic heterocycles. The molecule has 2 atom stereocenters. The number of rotatable bonds is 3. The summed E-state index contributed by atoms with van der Waals surface area (Å²) in [5.74, 6) is -1.06. The van der Waals surface area contributed by atoms with Crippen LogP contribution in [0.2, 0.25) is 0 Å². The van der Waals surface area contributed by atoms with Crippen LogP contribution in [0, 0.1) is 0 Å². The minimum Gasteiger partial charge on any atom is -0.545 e. The van der Waals surface area contributed by atoms with Crippen LogP contribution in [0.25, 0.3) is 5.57 Å². The van der Waals surface area contributed by atoms with E-state index >= 15 is 0 Å². The number of anilines is 1. The van der Waals surface area contributed by atoms with Crippen LogP contribution in [0.3, 0.4) is 0 Å². The fraction of sp³-hybridized carbons (Fsp3) is 0.250. The van der Waals surface area contributed by atoms with Crippen molar-refractivity contribution in [3.8, 4) is 0 Å². The first-order valence-electron chi connectivity index (χ1n) is 8.40. The third-order valence-corrected chi connectivity index (χ3v) is 5.00. The zero-order chi connectivity index (χ0) is 16.5. The Bertz CT molecular complexity index is 798. The zero-order valence-electron chi connectivity index (χ0n) is 13.4. The molecular formula is C20H20N2O2. The highest BCUT2D eigenvalue weighted by Gasteiger charge is 2.34. The second kappa shape index (κ2) is 6.13. The van der Waals surface area contributed by atoms with Crippen LogP contribution in [0.15, 0.2) is 60.2 Å². The monoisotopic (exact) mass is 320 g/mol. The van der Waals surface area contributed by atoms with Gasteiger partial charge >= 0.3 is 0 Å². The summed E-state index contributed by atoms with van der Waals surface area (Å²) in [5, 5.41) is 15.3. The number of piperidine rings is 1. The lowest BCUT2D eigenvalue weighted by Gasteiger charge is -2.38. The van der Waals surface area contributed by atoms with Gasteiger partial charge in [0.25, 0.3) is 0 Å². The van der Waals surface area contributed by atoms with Crippen LogP contribution in [0.4, 0.5) is 5.69 Å². The van der Waals surface area contributed by atoms with Gasteiger partial charge in [-0.3, -0.25) is 0 Å². The largest absolute Gasteiger partial charge is 0.545 e. The Labute approximate surface area is 141 Å². The van der Waals surface area contributed by atoms with Crippen molar-refractivity contribution in [2.45, 2.75) is 19.0 Å². The third-order valence-electron chi connectivity index (χ3n) is 5.00. The summed E-state index contributed by atoms with van der Waals surface area (Å²) in [6.07, 6.45) is 0.933. The second-order valence-electron chi connectivity index (χ2n) is 6.56. The van der Waals surface area contributed by atoms with Crippen molar-refractivity contribution in [1.82, 2.24) is 0 Å². The lowest BCUT2D eigenvalue weighted by Crippen LogP contribution is -3.12. The van der Waals surface area contributed by atoms with E-state index in [-0.39, 0.29) is 6.04 Å². The maximum Gasteiger partial charge on any atom is 0.103 e. The van der Waals surface area contributed by atoms with Gasteiger partial charge in [0.05, 0.1) is 18.6 Å². The van der Waals surface area contributed by atoms with E-state index in [2.05, 4.69) is 17.4 Å². The standard InChI is InChI=1S/C20H20N2O2/c23-20(24)19-15-8-4-5-9-17(15)21-18-10-11-22(13-16(18)19)12-14-6-2-1-3-7-14/h1-9,18,21H,10-13H2,(H,23,24)/t18-/m0/s1. The maximum atomic E-state index is 11.8. The Morgan fingerprint density at radius 2 is 1.88 bits per heavy atom. The molecule has 1 unspecified atom stereocenters. The molecule has 0 radical (unpaired) electrons. The van der Waals surface area contributed by atoms with Crippen molar-refractivity contribution in [3.63, 3.8) is 0 Å². The number of hydrogen-bond acceptors (Lipinski definition) is 3.